The lowest BCUT2D eigenvalue weighted by atomic mass is 10.2. The molecule has 2 aromatic carbocycles. The zero-order valence-corrected chi connectivity index (χ0v) is 16.9. The van der Waals surface area contributed by atoms with Crippen LogP contribution in [0.1, 0.15) is 22.8 Å². The summed E-state index contributed by atoms with van der Waals surface area (Å²) in [6.07, 6.45) is 3.36. The summed E-state index contributed by atoms with van der Waals surface area (Å²) in [6, 6.07) is 13.5. The highest BCUT2D eigenvalue weighted by molar-refractivity contribution is 8.18. The van der Waals surface area contributed by atoms with Gasteiger partial charge in [-0.25, -0.2) is 9.79 Å². The first-order chi connectivity index (χ1) is 13.9. The molecule has 8 heteroatoms. The van der Waals surface area contributed by atoms with Gasteiger partial charge < -0.3 is 10.2 Å². The number of benzene rings is 2. The van der Waals surface area contributed by atoms with E-state index in [0.29, 0.717) is 27.3 Å². The number of phenols is 1. The first-order valence-corrected chi connectivity index (χ1v) is 9.87. The van der Waals surface area contributed by atoms with Gasteiger partial charge in [0.25, 0.3) is 5.91 Å². The lowest BCUT2D eigenvalue weighted by Crippen LogP contribution is -2.28. The van der Waals surface area contributed by atoms with Gasteiger partial charge in [0.15, 0.2) is 5.17 Å². The molecule has 29 heavy (non-hydrogen) atoms. The van der Waals surface area contributed by atoms with Gasteiger partial charge in [0, 0.05) is 17.6 Å². The summed E-state index contributed by atoms with van der Waals surface area (Å²) in [5.74, 6) is -1.84. The number of carbonyl (C=O) groups excluding carboxylic acids is 1. The van der Waals surface area contributed by atoms with Crippen LogP contribution in [-0.4, -0.2) is 38.7 Å². The van der Waals surface area contributed by atoms with Crippen LogP contribution in [0.2, 0.25) is 0 Å². The van der Waals surface area contributed by atoms with E-state index in [1.54, 1.807) is 12.2 Å². The van der Waals surface area contributed by atoms with E-state index in [0.717, 1.165) is 5.56 Å². The number of halogens is 1. The quantitative estimate of drug-likeness (QED) is 0.665. The third-order valence-corrected chi connectivity index (χ3v) is 5.24. The minimum atomic E-state index is -1.23. The lowest BCUT2D eigenvalue weighted by Gasteiger charge is -2.12. The number of aromatic hydroxyl groups is 1. The molecular weight excluding hydrogens is 412 g/mol. The Kier molecular flexibility index (Phi) is 6.41. The minimum Gasteiger partial charge on any atom is -0.507 e. The van der Waals surface area contributed by atoms with E-state index in [9.17, 15) is 14.7 Å². The summed E-state index contributed by atoms with van der Waals surface area (Å²) in [5.41, 5.74) is 1.04. The molecular formula is C21H17ClN2O4S. The number of carbonyl (C=O) groups is 2. The SMILES string of the molecule is CCN1C(=O)/C(=C/C(Cl)=C/c2ccccc2)SC1=Nc1ccc(C(=O)O)c(O)c1. The van der Waals surface area contributed by atoms with E-state index in [4.69, 9.17) is 16.7 Å². The maximum atomic E-state index is 12.7. The number of aliphatic imine (C=N–C) groups is 1. The van der Waals surface area contributed by atoms with Gasteiger partial charge in [0.2, 0.25) is 0 Å². The van der Waals surface area contributed by atoms with E-state index >= 15 is 0 Å². The molecule has 1 amide bonds. The number of carboxylic acids is 1. The van der Waals surface area contributed by atoms with Crippen LogP contribution in [0.15, 0.2) is 69.5 Å². The van der Waals surface area contributed by atoms with Crippen LogP contribution in [0.3, 0.4) is 0 Å². The predicted octanol–water partition coefficient (Wildman–Crippen LogP) is 4.84. The molecule has 1 heterocycles. The molecule has 6 nitrogen and oxygen atoms in total. The van der Waals surface area contributed by atoms with E-state index in [2.05, 4.69) is 4.99 Å². The standard InChI is InChI=1S/C21H17ClN2O4S/c1-2-24-19(26)18(11-14(22)10-13-6-4-3-5-7-13)29-21(24)23-15-8-9-16(20(27)28)17(25)12-15/h3-12,25H,2H2,1H3,(H,27,28)/b14-10-,18-11-,23-21?. The van der Waals surface area contributed by atoms with Crippen LogP contribution in [0.5, 0.6) is 5.75 Å². The van der Waals surface area contributed by atoms with Crippen molar-refractivity contribution in [2.45, 2.75) is 6.92 Å². The van der Waals surface area contributed by atoms with E-state index < -0.39 is 5.97 Å². The largest absolute Gasteiger partial charge is 0.507 e. The molecule has 0 atom stereocenters. The van der Waals surface area contributed by atoms with Gasteiger partial charge in [-0.3, -0.25) is 9.69 Å². The molecule has 0 bridgehead atoms. The van der Waals surface area contributed by atoms with Crippen molar-refractivity contribution in [2.75, 3.05) is 6.54 Å². The zero-order valence-electron chi connectivity index (χ0n) is 15.4. The predicted molar refractivity (Wildman–Crippen MR) is 115 cm³/mol. The van der Waals surface area contributed by atoms with Crippen molar-refractivity contribution >= 4 is 52.2 Å². The number of hydrogen-bond acceptors (Lipinski definition) is 5. The Bertz CT molecular complexity index is 1050. The Morgan fingerprint density at radius 3 is 2.59 bits per heavy atom. The topological polar surface area (TPSA) is 90.2 Å². The smallest absolute Gasteiger partial charge is 0.339 e. The van der Waals surface area contributed by atoms with Gasteiger partial charge in [0.1, 0.15) is 11.3 Å². The highest BCUT2D eigenvalue weighted by atomic mass is 35.5. The summed E-state index contributed by atoms with van der Waals surface area (Å²) in [7, 11) is 0. The van der Waals surface area contributed by atoms with Crippen LogP contribution in [-0.2, 0) is 4.79 Å². The summed E-state index contributed by atoms with van der Waals surface area (Å²) in [4.78, 5) is 30.0. The summed E-state index contributed by atoms with van der Waals surface area (Å²) < 4.78 is 0. The fraction of sp³-hybridized carbons (Fsp3) is 0.0952. The Balaban J connectivity index is 1.89. The van der Waals surface area contributed by atoms with Crippen molar-refractivity contribution in [1.29, 1.82) is 0 Å². The first-order valence-electron chi connectivity index (χ1n) is 8.67. The second-order valence-electron chi connectivity index (χ2n) is 6.00. The highest BCUT2D eigenvalue weighted by Crippen LogP contribution is 2.35. The average Bonchev–Trinajstić information content (AvgIpc) is 2.96. The third-order valence-electron chi connectivity index (χ3n) is 4.01. The Morgan fingerprint density at radius 1 is 1.24 bits per heavy atom. The van der Waals surface area contributed by atoms with Gasteiger partial charge in [-0.15, -0.1) is 0 Å². The second kappa shape index (κ2) is 8.98. The third kappa shape index (κ3) is 4.88. The summed E-state index contributed by atoms with van der Waals surface area (Å²) >= 11 is 7.47. The molecule has 0 radical (unpaired) electrons. The highest BCUT2D eigenvalue weighted by Gasteiger charge is 2.32. The Morgan fingerprint density at radius 2 is 1.97 bits per heavy atom. The summed E-state index contributed by atoms with van der Waals surface area (Å²) in [5, 5.41) is 19.7. The zero-order chi connectivity index (χ0) is 21.0. The summed E-state index contributed by atoms with van der Waals surface area (Å²) in [6.45, 7) is 2.23. The maximum absolute atomic E-state index is 12.7. The van der Waals surface area contributed by atoms with Crippen molar-refractivity contribution in [2.24, 2.45) is 4.99 Å². The lowest BCUT2D eigenvalue weighted by molar-refractivity contribution is -0.122. The molecule has 3 rings (SSSR count). The molecule has 1 aliphatic heterocycles. The number of hydrogen-bond donors (Lipinski definition) is 2. The number of likely N-dealkylation sites (N-methyl/N-ethyl adjacent to an activating group) is 1. The molecule has 0 spiro atoms. The van der Waals surface area contributed by atoms with Gasteiger partial charge in [-0.2, -0.15) is 0 Å². The molecule has 2 aromatic rings. The molecule has 0 aromatic heterocycles. The second-order valence-corrected chi connectivity index (χ2v) is 7.45. The Labute approximate surface area is 176 Å². The molecule has 0 unspecified atom stereocenters. The van der Waals surface area contributed by atoms with Crippen LogP contribution in [0.4, 0.5) is 5.69 Å². The van der Waals surface area contributed by atoms with Crippen LogP contribution in [0, 0.1) is 0 Å². The first kappa shape index (κ1) is 20.7. The fourth-order valence-corrected chi connectivity index (χ4v) is 3.98. The average molecular weight is 429 g/mol. The molecule has 0 saturated carbocycles. The minimum absolute atomic E-state index is 0.213. The molecule has 0 aliphatic carbocycles. The number of rotatable bonds is 5. The van der Waals surface area contributed by atoms with Crippen molar-refractivity contribution in [3.63, 3.8) is 0 Å². The molecule has 2 N–H and O–H groups in total. The van der Waals surface area contributed by atoms with Gasteiger partial charge in [-0.05, 0) is 48.5 Å². The monoisotopic (exact) mass is 428 g/mol. The van der Waals surface area contributed by atoms with Gasteiger partial charge >= 0.3 is 5.97 Å². The Hall–Kier alpha value is -3.03. The number of amides is 1. The number of thioether (sulfide) groups is 1. The maximum Gasteiger partial charge on any atom is 0.339 e. The van der Waals surface area contributed by atoms with Crippen molar-refractivity contribution in [3.05, 3.63) is 75.7 Å². The molecule has 148 valence electrons. The normalized spacial score (nSPS) is 17.4. The molecule has 1 fully saturated rings. The van der Waals surface area contributed by atoms with E-state index in [1.807, 2.05) is 37.3 Å². The van der Waals surface area contributed by atoms with E-state index in [1.165, 1.54) is 34.9 Å². The number of allylic oxidation sites excluding steroid dienone is 2. The number of nitrogens with zero attached hydrogens (tertiary/aromatic N) is 2. The van der Waals surface area contributed by atoms with Crippen molar-refractivity contribution in [3.8, 4) is 5.75 Å². The van der Waals surface area contributed by atoms with Crippen LogP contribution >= 0.6 is 23.4 Å². The number of carboxylic acid groups (broad SMARTS) is 1. The fourth-order valence-electron chi connectivity index (χ4n) is 2.63. The van der Waals surface area contributed by atoms with Gasteiger partial charge in [-0.1, -0.05) is 41.9 Å². The van der Waals surface area contributed by atoms with E-state index in [-0.39, 0.29) is 17.2 Å². The van der Waals surface area contributed by atoms with Crippen molar-refractivity contribution in [1.82, 2.24) is 4.90 Å². The van der Waals surface area contributed by atoms with Crippen LogP contribution < -0.4 is 0 Å². The number of aromatic carboxylic acids is 1. The molecule has 1 saturated heterocycles. The number of amidine groups is 1. The molecule has 1 aliphatic rings. The van der Waals surface area contributed by atoms with Gasteiger partial charge in [0.05, 0.1) is 10.6 Å². The van der Waals surface area contributed by atoms with Crippen LogP contribution in [0.25, 0.3) is 6.08 Å². The van der Waals surface area contributed by atoms with Crippen molar-refractivity contribution < 1.29 is 19.8 Å².